The molecule has 4 rings (SSSR count). The van der Waals surface area contributed by atoms with Gasteiger partial charge in [0.05, 0.1) is 11.0 Å². The van der Waals surface area contributed by atoms with Crippen molar-refractivity contribution in [2.45, 2.75) is 77.3 Å². The highest BCUT2D eigenvalue weighted by molar-refractivity contribution is 7.08. The van der Waals surface area contributed by atoms with Crippen LogP contribution in [0.4, 0.5) is 0 Å². The number of hydrogen-bond acceptors (Lipinski definition) is 3. The molecule has 1 aromatic rings. The molecule has 5 heteroatoms. The van der Waals surface area contributed by atoms with Gasteiger partial charge in [0.2, 0.25) is 5.91 Å². The van der Waals surface area contributed by atoms with Gasteiger partial charge in [0.1, 0.15) is 0 Å². The predicted octanol–water partition coefficient (Wildman–Crippen LogP) is 4.81. The zero-order valence-electron chi connectivity index (χ0n) is 17.5. The molecule has 4 nitrogen and oxygen atoms in total. The van der Waals surface area contributed by atoms with Crippen LogP contribution < -0.4 is 0 Å². The van der Waals surface area contributed by atoms with Gasteiger partial charge < -0.3 is 9.80 Å². The van der Waals surface area contributed by atoms with Gasteiger partial charge in [-0.1, -0.05) is 20.3 Å². The minimum atomic E-state index is -0.378. The van der Waals surface area contributed by atoms with E-state index in [2.05, 4.69) is 18.7 Å². The van der Waals surface area contributed by atoms with Crippen molar-refractivity contribution >= 4 is 23.2 Å². The Labute approximate surface area is 173 Å². The lowest BCUT2D eigenvalue weighted by molar-refractivity contribution is -0.144. The van der Waals surface area contributed by atoms with Gasteiger partial charge in [-0.2, -0.15) is 11.3 Å². The molecule has 2 aliphatic heterocycles. The summed E-state index contributed by atoms with van der Waals surface area (Å²) in [5, 5.41) is 3.91. The first kappa shape index (κ1) is 19.9. The molecule has 0 radical (unpaired) electrons. The van der Waals surface area contributed by atoms with Crippen molar-refractivity contribution in [3.8, 4) is 0 Å². The lowest BCUT2D eigenvalue weighted by Gasteiger charge is -2.41. The molecular formula is C23H34N2O2S. The Morgan fingerprint density at radius 3 is 2.68 bits per heavy atom. The second-order valence-corrected chi connectivity index (χ2v) is 10.5. The summed E-state index contributed by atoms with van der Waals surface area (Å²) in [6.07, 6.45) is 8.65. The summed E-state index contributed by atoms with van der Waals surface area (Å²) in [5.74, 6) is 1.69. The van der Waals surface area contributed by atoms with Crippen molar-refractivity contribution < 1.29 is 9.59 Å². The van der Waals surface area contributed by atoms with E-state index in [0.29, 0.717) is 17.7 Å². The fraction of sp³-hybridized carbons (Fsp3) is 0.739. The summed E-state index contributed by atoms with van der Waals surface area (Å²) >= 11 is 1.57. The molecule has 2 saturated heterocycles. The molecule has 154 valence electrons. The van der Waals surface area contributed by atoms with E-state index in [0.717, 1.165) is 44.2 Å². The standard InChI is InChI=1S/C23H34N2O2S/c1-16(2)9-11-23(22(27)24(3)14-17-5-4-6-17)13-19-7-8-20(23)25(19)21(26)18-10-12-28-15-18/h10,12,15-17,19-20H,4-9,11,13-14H2,1-3H3/t19-,20+,23+/m1/s1. The van der Waals surface area contributed by atoms with Crippen molar-refractivity contribution in [2.24, 2.45) is 17.3 Å². The number of fused-ring (bicyclic) bond motifs is 2. The summed E-state index contributed by atoms with van der Waals surface area (Å²) in [7, 11) is 1.99. The fourth-order valence-corrected chi connectivity index (χ4v) is 6.33. The van der Waals surface area contributed by atoms with Gasteiger partial charge >= 0.3 is 0 Å². The first-order chi connectivity index (χ1) is 13.4. The second-order valence-electron chi connectivity index (χ2n) is 9.75. The Bertz CT molecular complexity index is 712. The molecule has 1 aliphatic carbocycles. The molecule has 28 heavy (non-hydrogen) atoms. The first-order valence-electron chi connectivity index (χ1n) is 11.0. The number of carbonyl (C=O) groups is 2. The molecule has 3 heterocycles. The quantitative estimate of drug-likeness (QED) is 0.657. The zero-order valence-corrected chi connectivity index (χ0v) is 18.3. The minimum absolute atomic E-state index is 0.0694. The van der Waals surface area contributed by atoms with E-state index in [4.69, 9.17) is 0 Å². The van der Waals surface area contributed by atoms with Crippen molar-refractivity contribution in [1.29, 1.82) is 0 Å². The third-order valence-corrected chi connectivity index (χ3v) is 8.12. The van der Waals surface area contributed by atoms with Gasteiger partial charge in [-0.05, 0) is 68.2 Å². The monoisotopic (exact) mass is 402 g/mol. The van der Waals surface area contributed by atoms with Crippen LogP contribution in [0, 0.1) is 17.3 Å². The Hall–Kier alpha value is -1.36. The van der Waals surface area contributed by atoms with E-state index >= 15 is 0 Å². The van der Waals surface area contributed by atoms with E-state index in [-0.39, 0.29) is 23.4 Å². The molecule has 2 amide bonds. The van der Waals surface area contributed by atoms with Gasteiger partial charge in [-0.25, -0.2) is 0 Å². The summed E-state index contributed by atoms with van der Waals surface area (Å²) in [6.45, 7) is 5.35. The number of carbonyl (C=O) groups excluding carboxylic acids is 2. The Kier molecular flexibility index (Phi) is 5.56. The SMILES string of the molecule is CC(C)CC[C@]1(C(=O)N(C)CC2CCC2)C[C@H]2CC[C@@H]1N2C(=O)c1ccsc1. The van der Waals surface area contributed by atoms with Crippen molar-refractivity contribution in [3.05, 3.63) is 22.4 Å². The fourth-order valence-electron chi connectivity index (χ4n) is 5.70. The van der Waals surface area contributed by atoms with Crippen LogP contribution in [0.15, 0.2) is 16.8 Å². The maximum atomic E-state index is 13.8. The van der Waals surface area contributed by atoms with Gasteiger partial charge in [-0.3, -0.25) is 9.59 Å². The Morgan fingerprint density at radius 1 is 1.29 bits per heavy atom. The predicted molar refractivity (Wildman–Crippen MR) is 113 cm³/mol. The maximum absolute atomic E-state index is 13.8. The molecule has 2 bridgehead atoms. The maximum Gasteiger partial charge on any atom is 0.255 e. The largest absolute Gasteiger partial charge is 0.345 e. The van der Waals surface area contributed by atoms with E-state index < -0.39 is 0 Å². The molecule has 3 fully saturated rings. The van der Waals surface area contributed by atoms with Crippen LogP contribution >= 0.6 is 11.3 Å². The van der Waals surface area contributed by atoms with Crippen molar-refractivity contribution in [1.82, 2.24) is 9.80 Å². The van der Waals surface area contributed by atoms with Crippen LogP contribution in [0.5, 0.6) is 0 Å². The average Bonchev–Trinajstić information content (AvgIpc) is 3.36. The highest BCUT2D eigenvalue weighted by atomic mass is 32.1. The topological polar surface area (TPSA) is 40.6 Å². The van der Waals surface area contributed by atoms with E-state index in [1.807, 2.05) is 28.8 Å². The average molecular weight is 403 g/mol. The lowest BCUT2D eigenvalue weighted by atomic mass is 9.68. The number of nitrogens with zero attached hydrogens (tertiary/aromatic N) is 2. The third kappa shape index (κ3) is 3.40. The van der Waals surface area contributed by atoms with E-state index in [1.165, 1.54) is 19.3 Å². The molecule has 0 aromatic carbocycles. The van der Waals surface area contributed by atoms with Crippen LogP contribution in [0.2, 0.25) is 0 Å². The normalized spacial score (nSPS) is 29.4. The second kappa shape index (κ2) is 7.81. The molecular weight excluding hydrogens is 368 g/mol. The Morgan fingerprint density at radius 2 is 2.07 bits per heavy atom. The summed E-state index contributed by atoms with van der Waals surface area (Å²) in [4.78, 5) is 31.1. The summed E-state index contributed by atoms with van der Waals surface area (Å²) in [6, 6.07) is 2.22. The molecule has 0 spiro atoms. The van der Waals surface area contributed by atoms with Crippen LogP contribution in [-0.2, 0) is 4.79 Å². The Balaban J connectivity index is 1.59. The first-order valence-corrected chi connectivity index (χ1v) is 12.0. The molecule has 3 aliphatic rings. The number of amides is 2. The van der Waals surface area contributed by atoms with Crippen LogP contribution in [0.3, 0.4) is 0 Å². The summed E-state index contributed by atoms with van der Waals surface area (Å²) < 4.78 is 0. The molecule has 3 atom stereocenters. The molecule has 1 saturated carbocycles. The van der Waals surface area contributed by atoms with Gasteiger partial charge in [0.25, 0.3) is 5.91 Å². The molecule has 0 N–H and O–H groups in total. The van der Waals surface area contributed by atoms with Crippen LogP contribution in [0.25, 0.3) is 0 Å². The number of hydrogen-bond donors (Lipinski definition) is 0. The highest BCUT2D eigenvalue weighted by Crippen LogP contribution is 2.54. The number of rotatable bonds is 7. The van der Waals surface area contributed by atoms with Gasteiger partial charge in [0.15, 0.2) is 0 Å². The van der Waals surface area contributed by atoms with Crippen LogP contribution in [0.1, 0.15) is 75.6 Å². The van der Waals surface area contributed by atoms with Gasteiger partial charge in [0, 0.05) is 31.1 Å². The smallest absolute Gasteiger partial charge is 0.255 e. The lowest BCUT2D eigenvalue weighted by Crippen LogP contribution is -2.51. The van der Waals surface area contributed by atoms with Gasteiger partial charge in [-0.15, -0.1) is 0 Å². The number of thiophene rings is 1. The van der Waals surface area contributed by atoms with Crippen LogP contribution in [-0.4, -0.2) is 47.3 Å². The molecule has 0 unspecified atom stereocenters. The zero-order chi connectivity index (χ0) is 19.9. The third-order valence-electron chi connectivity index (χ3n) is 7.44. The molecule has 1 aromatic heterocycles. The van der Waals surface area contributed by atoms with Crippen molar-refractivity contribution in [2.75, 3.05) is 13.6 Å². The van der Waals surface area contributed by atoms with E-state index in [9.17, 15) is 9.59 Å². The minimum Gasteiger partial charge on any atom is -0.345 e. The summed E-state index contributed by atoms with van der Waals surface area (Å²) in [5.41, 5.74) is 0.411. The highest BCUT2D eigenvalue weighted by Gasteiger charge is 2.61. The van der Waals surface area contributed by atoms with Crippen molar-refractivity contribution in [3.63, 3.8) is 0 Å². The van der Waals surface area contributed by atoms with E-state index in [1.54, 1.807) is 11.3 Å².